The average molecular weight is 594 g/mol. The van der Waals surface area contributed by atoms with Gasteiger partial charge >= 0.3 is 0 Å². The minimum Gasteiger partial charge on any atom is -0.337 e. The maximum absolute atomic E-state index is 11.6. The standard InChI is InChI=1S/C31H21Cl2N7O2/c1-18-27-28(19-11-13-20(32)14-12-19)38-25-10-6-5-9-24(25)35-29(34-21-15-16-23(33)26(17-21)40(41)42)31(38)36-30(27)39(37-18)22-7-3-2-4-8-22/h2-17,28H,1H3,(H,34,35)/t28-/m0/s1. The number of fused-ring (bicyclic) bond motifs is 4. The number of nitrogens with one attached hydrogen (secondary N) is 1. The number of nitrogens with zero attached hydrogens (tertiary/aromatic N) is 6. The Kier molecular flexibility index (Phi) is 6.26. The molecule has 0 aliphatic carbocycles. The zero-order valence-corrected chi connectivity index (χ0v) is 23.6. The quantitative estimate of drug-likeness (QED) is 0.167. The number of nitro groups is 1. The molecular weight excluding hydrogens is 573 g/mol. The second-order valence-electron chi connectivity index (χ2n) is 9.83. The van der Waals surface area contributed by atoms with E-state index in [1.165, 1.54) is 12.1 Å². The summed E-state index contributed by atoms with van der Waals surface area (Å²) >= 11 is 12.4. The van der Waals surface area contributed by atoms with Crippen molar-refractivity contribution in [2.75, 3.05) is 10.2 Å². The second-order valence-corrected chi connectivity index (χ2v) is 10.7. The van der Waals surface area contributed by atoms with Crippen LogP contribution >= 0.6 is 23.2 Å². The van der Waals surface area contributed by atoms with E-state index in [0.29, 0.717) is 28.2 Å². The van der Waals surface area contributed by atoms with E-state index in [2.05, 4.69) is 10.2 Å². The van der Waals surface area contributed by atoms with Gasteiger partial charge in [0.1, 0.15) is 5.02 Å². The summed E-state index contributed by atoms with van der Waals surface area (Å²) in [5.41, 5.74) is 5.46. The molecule has 11 heteroatoms. The molecule has 0 saturated heterocycles. The first-order valence-electron chi connectivity index (χ1n) is 13.1. The molecule has 1 atom stereocenters. The summed E-state index contributed by atoms with van der Waals surface area (Å²) in [4.78, 5) is 23.3. The van der Waals surface area contributed by atoms with Crippen molar-refractivity contribution >= 4 is 63.4 Å². The van der Waals surface area contributed by atoms with Crippen LogP contribution < -0.4 is 10.2 Å². The maximum Gasteiger partial charge on any atom is 0.289 e. The normalized spacial score (nSPS) is 15.2. The fourth-order valence-corrected chi connectivity index (χ4v) is 5.69. The number of aryl methyl sites for hydroxylation is 1. The Bertz CT molecular complexity index is 1940. The maximum atomic E-state index is 11.6. The van der Waals surface area contributed by atoms with Gasteiger partial charge in [0.2, 0.25) is 0 Å². The lowest BCUT2D eigenvalue weighted by Crippen LogP contribution is -2.46. The number of anilines is 2. The first-order valence-corrected chi connectivity index (χ1v) is 13.8. The van der Waals surface area contributed by atoms with Gasteiger partial charge in [-0.2, -0.15) is 5.10 Å². The van der Waals surface area contributed by atoms with Crippen LogP contribution in [0.5, 0.6) is 0 Å². The molecule has 0 amide bonds. The fourth-order valence-electron chi connectivity index (χ4n) is 5.37. The van der Waals surface area contributed by atoms with Crippen LogP contribution in [-0.2, 0) is 0 Å². The predicted octanol–water partition coefficient (Wildman–Crippen LogP) is 8.19. The van der Waals surface area contributed by atoms with Crippen LogP contribution in [-0.4, -0.2) is 26.4 Å². The Balaban J connectivity index is 1.47. The number of benzene rings is 4. The Morgan fingerprint density at radius 3 is 2.40 bits per heavy atom. The van der Waals surface area contributed by atoms with E-state index in [-0.39, 0.29) is 16.8 Å². The van der Waals surface area contributed by atoms with Crippen LogP contribution in [0.3, 0.4) is 0 Å². The van der Waals surface area contributed by atoms with Crippen molar-refractivity contribution in [1.82, 2.24) is 9.78 Å². The van der Waals surface area contributed by atoms with Crippen molar-refractivity contribution in [3.63, 3.8) is 0 Å². The van der Waals surface area contributed by atoms with Crippen molar-refractivity contribution in [1.29, 1.82) is 0 Å². The molecule has 0 bridgehead atoms. The van der Waals surface area contributed by atoms with E-state index in [1.807, 2.05) is 90.5 Å². The predicted molar refractivity (Wildman–Crippen MR) is 166 cm³/mol. The highest BCUT2D eigenvalue weighted by Crippen LogP contribution is 2.48. The number of para-hydroxylation sites is 3. The molecule has 0 radical (unpaired) electrons. The Morgan fingerprint density at radius 2 is 1.64 bits per heavy atom. The minimum absolute atomic E-state index is 0.0489. The third kappa shape index (κ3) is 4.30. The largest absolute Gasteiger partial charge is 0.337 e. The summed E-state index contributed by atoms with van der Waals surface area (Å²) in [6.45, 7) is 1.98. The van der Waals surface area contributed by atoms with E-state index >= 15 is 0 Å². The zero-order chi connectivity index (χ0) is 29.0. The zero-order valence-electron chi connectivity index (χ0n) is 22.1. The molecule has 3 heterocycles. The summed E-state index contributed by atoms with van der Waals surface area (Å²) in [7, 11) is 0. The van der Waals surface area contributed by atoms with E-state index in [0.717, 1.165) is 33.9 Å². The fraction of sp³-hybridized carbons (Fsp3) is 0.0645. The highest BCUT2D eigenvalue weighted by Gasteiger charge is 2.41. The molecule has 9 nitrogen and oxygen atoms in total. The van der Waals surface area contributed by atoms with E-state index < -0.39 is 4.92 Å². The highest BCUT2D eigenvalue weighted by atomic mass is 35.5. The van der Waals surface area contributed by atoms with Crippen molar-refractivity contribution in [2.24, 2.45) is 9.98 Å². The third-order valence-electron chi connectivity index (χ3n) is 7.23. The smallest absolute Gasteiger partial charge is 0.289 e. The molecule has 0 saturated carbocycles. The molecule has 206 valence electrons. The van der Waals surface area contributed by atoms with Gasteiger partial charge in [-0.1, -0.05) is 65.7 Å². The molecular formula is C31H21Cl2N7O2. The molecule has 0 spiro atoms. The number of aliphatic imine (C=N–C) groups is 2. The van der Waals surface area contributed by atoms with Crippen LogP contribution in [0.1, 0.15) is 22.9 Å². The lowest BCUT2D eigenvalue weighted by atomic mass is 9.93. The first kappa shape index (κ1) is 25.9. The number of hydrogen-bond donors (Lipinski definition) is 1. The van der Waals surface area contributed by atoms with Gasteiger partial charge in [-0.15, -0.1) is 0 Å². The van der Waals surface area contributed by atoms with Crippen LogP contribution in [0.15, 0.2) is 107 Å². The van der Waals surface area contributed by atoms with Gasteiger partial charge in [0.15, 0.2) is 17.5 Å². The molecule has 4 aromatic carbocycles. The van der Waals surface area contributed by atoms with Gasteiger partial charge in [0, 0.05) is 22.3 Å². The average Bonchev–Trinajstić information content (AvgIpc) is 3.34. The first-order chi connectivity index (χ1) is 20.4. The monoisotopic (exact) mass is 593 g/mol. The number of nitro benzene ring substituents is 1. The van der Waals surface area contributed by atoms with Crippen molar-refractivity contribution in [3.8, 4) is 5.69 Å². The summed E-state index contributed by atoms with van der Waals surface area (Å²) in [5, 5.41) is 20.5. The second kappa shape index (κ2) is 10.1. The molecule has 2 aliphatic rings. The van der Waals surface area contributed by atoms with Gasteiger partial charge in [0.25, 0.3) is 5.69 Å². The highest BCUT2D eigenvalue weighted by molar-refractivity contribution is 6.51. The number of hydrogen-bond acceptors (Lipinski definition) is 7. The Hall–Kier alpha value is -4.99. The van der Waals surface area contributed by atoms with Gasteiger partial charge < -0.3 is 10.2 Å². The lowest BCUT2D eigenvalue weighted by Gasteiger charge is -2.40. The summed E-state index contributed by atoms with van der Waals surface area (Å²) < 4.78 is 1.84. The summed E-state index contributed by atoms with van der Waals surface area (Å²) in [5.74, 6) is 1.63. The third-order valence-corrected chi connectivity index (χ3v) is 7.80. The molecule has 7 rings (SSSR count). The molecule has 0 fully saturated rings. The number of rotatable bonds is 4. The van der Waals surface area contributed by atoms with Crippen molar-refractivity contribution < 1.29 is 4.92 Å². The topological polar surface area (TPSA) is 101 Å². The molecule has 5 aromatic rings. The molecule has 1 N–H and O–H groups in total. The summed E-state index contributed by atoms with van der Waals surface area (Å²) in [6, 6.07) is 29.6. The molecule has 0 unspecified atom stereocenters. The Labute approximate surface area is 250 Å². The molecule has 42 heavy (non-hydrogen) atoms. The van der Waals surface area contributed by atoms with Crippen molar-refractivity contribution in [2.45, 2.75) is 13.0 Å². The van der Waals surface area contributed by atoms with Crippen LogP contribution in [0.2, 0.25) is 10.0 Å². The van der Waals surface area contributed by atoms with Gasteiger partial charge in [-0.05, 0) is 61.0 Å². The number of halogens is 2. The van der Waals surface area contributed by atoms with Crippen LogP contribution in [0.4, 0.5) is 28.6 Å². The van der Waals surface area contributed by atoms with Crippen LogP contribution in [0, 0.1) is 17.0 Å². The van der Waals surface area contributed by atoms with Gasteiger partial charge in [-0.3, -0.25) is 10.1 Å². The van der Waals surface area contributed by atoms with E-state index in [9.17, 15) is 10.1 Å². The summed E-state index contributed by atoms with van der Waals surface area (Å²) in [6.07, 6.45) is 0. The molecule has 2 aliphatic heterocycles. The molecule has 1 aromatic heterocycles. The van der Waals surface area contributed by atoms with Crippen molar-refractivity contribution in [3.05, 3.63) is 134 Å². The van der Waals surface area contributed by atoms with Gasteiger partial charge in [-0.25, -0.2) is 14.7 Å². The minimum atomic E-state index is -0.514. The van der Waals surface area contributed by atoms with Crippen LogP contribution in [0.25, 0.3) is 5.69 Å². The Morgan fingerprint density at radius 1 is 0.905 bits per heavy atom. The number of aromatic nitrogens is 2. The lowest BCUT2D eigenvalue weighted by molar-refractivity contribution is -0.384. The van der Waals surface area contributed by atoms with E-state index in [1.54, 1.807) is 6.07 Å². The van der Waals surface area contributed by atoms with Gasteiger partial charge in [0.05, 0.1) is 33.7 Å². The number of amidine groups is 2. The SMILES string of the molecule is Cc1nn(-c2ccccc2)c2c1[C@H](c1ccc(Cl)cc1)N1C(=N2)C(Nc2ccc(Cl)c([N+](=O)[O-])c2)=Nc2ccccc21. The van der Waals surface area contributed by atoms with E-state index in [4.69, 9.17) is 38.3 Å².